The van der Waals surface area contributed by atoms with Gasteiger partial charge in [-0.1, -0.05) is 20.8 Å². The van der Waals surface area contributed by atoms with Crippen molar-refractivity contribution in [2.24, 2.45) is 11.8 Å². The number of ketones is 1. The summed E-state index contributed by atoms with van der Waals surface area (Å²) in [5, 5.41) is 3.36. The molecule has 3 heteroatoms. The molecule has 0 aromatic carbocycles. The highest BCUT2D eigenvalue weighted by Gasteiger charge is 2.25. The summed E-state index contributed by atoms with van der Waals surface area (Å²) in [6.07, 6.45) is 3.51. The molecule has 1 saturated heterocycles. The molecule has 0 radical (unpaired) electrons. The van der Waals surface area contributed by atoms with E-state index in [1.54, 1.807) is 0 Å². The summed E-state index contributed by atoms with van der Waals surface area (Å²) in [7, 11) is 2.18. The van der Waals surface area contributed by atoms with Crippen LogP contribution in [0.25, 0.3) is 0 Å². The van der Waals surface area contributed by atoms with Crippen LogP contribution in [-0.4, -0.2) is 43.4 Å². The van der Waals surface area contributed by atoms with Crippen molar-refractivity contribution in [1.29, 1.82) is 0 Å². The molecule has 0 amide bonds. The van der Waals surface area contributed by atoms with Gasteiger partial charge in [0, 0.05) is 5.92 Å². The van der Waals surface area contributed by atoms with Crippen molar-refractivity contribution in [2.45, 2.75) is 46.1 Å². The number of piperidine rings is 1. The summed E-state index contributed by atoms with van der Waals surface area (Å²) >= 11 is 0. The van der Waals surface area contributed by atoms with Gasteiger partial charge in [-0.3, -0.25) is 4.79 Å². The predicted molar refractivity (Wildman–Crippen MR) is 72.1 cm³/mol. The van der Waals surface area contributed by atoms with E-state index in [1.165, 1.54) is 25.9 Å². The Kier molecular flexibility index (Phi) is 6.14. The molecule has 1 unspecified atom stereocenters. The molecule has 1 aliphatic rings. The molecular weight excluding hydrogens is 212 g/mol. The van der Waals surface area contributed by atoms with Crippen molar-refractivity contribution in [3.8, 4) is 0 Å². The first kappa shape index (κ1) is 14.7. The van der Waals surface area contributed by atoms with Crippen LogP contribution in [0.15, 0.2) is 0 Å². The lowest BCUT2D eigenvalue weighted by atomic mass is 9.87. The van der Waals surface area contributed by atoms with Crippen LogP contribution < -0.4 is 5.32 Å². The minimum absolute atomic E-state index is 0.0772. The highest BCUT2D eigenvalue weighted by atomic mass is 16.1. The monoisotopic (exact) mass is 240 g/mol. The molecule has 0 bridgehead atoms. The van der Waals surface area contributed by atoms with Crippen molar-refractivity contribution in [1.82, 2.24) is 10.2 Å². The van der Waals surface area contributed by atoms with Gasteiger partial charge in [0.15, 0.2) is 5.78 Å². The number of hydrogen-bond donors (Lipinski definition) is 1. The molecular formula is C14H28N2O. The van der Waals surface area contributed by atoms with Gasteiger partial charge in [-0.15, -0.1) is 0 Å². The van der Waals surface area contributed by atoms with Crippen molar-refractivity contribution in [2.75, 3.05) is 26.7 Å². The standard InChI is InChI=1S/C14H28N2O/c1-5-15-13(14(17)11(2)3)10-12-6-8-16(4)9-7-12/h11-13,15H,5-10H2,1-4H3. The Labute approximate surface area is 106 Å². The van der Waals surface area contributed by atoms with Crippen LogP contribution in [0.1, 0.15) is 40.0 Å². The maximum Gasteiger partial charge on any atom is 0.152 e. The molecule has 1 fully saturated rings. The van der Waals surface area contributed by atoms with E-state index < -0.39 is 0 Å². The van der Waals surface area contributed by atoms with Gasteiger partial charge < -0.3 is 10.2 Å². The number of nitrogens with one attached hydrogen (secondary N) is 1. The number of carbonyl (C=O) groups is 1. The first-order valence-corrected chi connectivity index (χ1v) is 7.00. The zero-order chi connectivity index (χ0) is 12.8. The van der Waals surface area contributed by atoms with Gasteiger partial charge in [0.2, 0.25) is 0 Å². The lowest BCUT2D eigenvalue weighted by Gasteiger charge is -2.31. The summed E-state index contributed by atoms with van der Waals surface area (Å²) < 4.78 is 0. The first-order chi connectivity index (χ1) is 8.04. The zero-order valence-electron chi connectivity index (χ0n) is 11.8. The molecule has 17 heavy (non-hydrogen) atoms. The smallest absolute Gasteiger partial charge is 0.152 e. The summed E-state index contributed by atoms with van der Waals surface area (Å²) in [5.74, 6) is 1.24. The zero-order valence-corrected chi connectivity index (χ0v) is 11.8. The summed E-state index contributed by atoms with van der Waals surface area (Å²) in [4.78, 5) is 14.5. The number of carbonyl (C=O) groups excluding carboxylic acids is 1. The molecule has 1 heterocycles. The number of nitrogens with zero attached hydrogens (tertiary/aromatic N) is 1. The molecule has 1 N–H and O–H groups in total. The number of Topliss-reactive ketones (excluding diaryl/α,β-unsaturated/α-hetero) is 1. The summed E-state index contributed by atoms with van der Waals surface area (Å²) in [5.41, 5.74) is 0. The van der Waals surface area contributed by atoms with E-state index in [0.29, 0.717) is 5.78 Å². The normalized spacial score (nSPS) is 20.8. The van der Waals surface area contributed by atoms with Crippen molar-refractivity contribution in [3.63, 3.8) is 0 Å². The van der Waals surface area contributed by atoms with Crippen molar-refractivity contribution >= 4 is 5.78 Å². The second-order valence-electron chi connectivity index (χ2n) is 5.65. The van der Waals surface area contributed by atoms with Gasteiger partial charge in [0.25, 0.3) is 0 Å². The van der Waals surface area contributed by atoms with Crippen LogP contribution in [0, 0.1) is 11.8 Å². The molecule has 1 aliphatic heterocycles. The van der Waals surface area contributed by atoms with Gasteiger partial charge in [-0.25, -0.2) is 0 Å². The molecule has 0 saturated carbocycles. The molecule has 3 nitrogen and oxygen atoms in total. The van der Waals surface area contributed by atoms with Crippen LogP contribution in [0.3, 0.4) is 0 Å². The van der Waals surface area contributed by atoms with E-state index in [2.05, 4.69) is 24.2 Å². The molecule has 0 aromatic rings. The highest BCUT2D eigenvalue weighted by molar-refractivity contribution is 5.85. The molecule has 0 spiro atoms. The van der Waals surface area contributed by atoms with E-state index in [9.17, 15) is 4.79 Å². The number of rotatable bonds is 6. The van der Waals surface area contributed by atoms with Crippen LogP contribution in [0.4, 0.5) is 0 Å². The Balaban J connectivity index is 2.46. The van der Waals surface area contributed by atoms with Gasteiger partial charge in [-0.2, -0.15) is 0 Å². The Bertz CT molecular complexity index is 232. The molecule has 0 aliphatic carbocycles. The van der Waals surface area contributed by atoms with Crippen molar-refractivity contribution < 1.29 is 4.79 Å². The molecule has 0 aromatic heterocycles. The average Bonchev–Trinajstić information content (AvgIpc) is 2.30. The second-order valence-corrected chi connectivity index (χ2v) is 5.65. The van der Waals surface area contributed by atoms with E-state index in [4.69, 9.17) is 0 Å². The maximum atomic E-state index is 12.1. The molecule has 1 rings (SSSR count). The Hall–Kier alpha value is -0.410. The third-order valence-corrected chi connectivity index (χ3v) is 3.77. The van der Waals surface area contributed by atoms with Gasteiger partial charge in [0.05, 0.1) is 6.04 Å². The first-order valence-electron chi connectivity index (χ1n) is 7.00. The van der Waals surface area contributed by atoms with E-state index in [-0.39, 0.29) is 12.0 Å². The van der Waals surface area contributed by atoms with E-state index in [0.717, 1.165) is 18.9 Å². The van der Waals surface area contributed by atoms with E-state index >= 15 is 0 Å². The predicted octanol–water partition coefficient (Wildman–Crippen LogP) is 1.92. The minimum Gasteiger partial charge on any atom is -0.308 e. The van der Waals surface area contributed by atoms with Gasteiger partial charge >= 0.3 is 0 Å². The number of likely N-dealkylation sites (N-methyl/N-ethyl adjacent to an activating group) is 1. The van der Waals surface area contributed by atoms with Crippen molar-refractivity contribution in [3.05, 3.63) is 0 Å². The fourth-order valence-corrected chi connectivity index (χ4v) is 2.58. The average molecular weight is 240 g/mol. The second kappa shape index (κ2) is 7.12. The largest absolute Gasteiger partial charge is 0.308 e. The van der Waals surface area contributed by atoms with Crippen LogP contribution in [0.5, 0.6) is 0 Å². The Morgan fingerprint density at radius 2 is 1.94 bits per heavy atom. The Morgan fingerprint density at radius 3 is 2.41 bits per heavy atom. The van der Waals surface area contributed by atoms with Gasteiger partial charge in [-0.05, 0) is 51.9 Å². The summed E-state index contributed by atoms with van der Waals surface area (Å²) in [6, 6.07) is 0.0772. The molecule has 1 atom stereocenters. The minimum atomic E-state index is 0.0772. The fraction of sp³-hybridized carbons (Fsp3) is 0.929. The quantitative estimate of drug-likeness (QED) is 0.770. The number of hydrogen-bond acceptors (Lipinski definition) is 3. The topological polar surface area (TPSA) is 32.3 Å². The van der Waals surface area contributed by atoms with Crippen LogP contribution >= 0.6 is 0 Å². The lowest BCUT2D eigenvalue weighted by molar-refractivity contribution is -0.124. The SMILES string of the molecule is CCNC(CC1CCN(C)CC1)C(=O)C(C)C. The maximum absolute atomic E-state index is 12.1. The van der Waals surface area contributed by atoms with E-state index in [1.807, 2.05) is 13.8 Å². The fourth-order valence-electron chi connectivity index (χ4n) is 2.58. The van der Waals surface area contributed by atoms with Crippen LogP contribution in [0.2, 0.25) is 0 Å². The van der Waals surface area contributed by atoms with Crippen LogP contribution in [-0.2, 0) is 4.79 Å². The summed E-state index contributed by atoms with van der Waals surface area (Å²) in [6.45, 7) is 9.33. The molecule has 100 valence electrons. The Morgan fingerprint density at radius 1 is 1.35 bits per heavy atom. The third kappa shape index (κ3) is 4.76. The highest BCUT2D eigenvalue weighted by Crippen LogP contribution is 2.22. The third-order valence-electron chi connectivity index (χ3n) is 3.77. The number of likely N-dealkylation sites (tertiary alicyclic amines) is 1. The van der Waals surface area contributed by atoms with Gasteiger partial charge in [0.1, 0.15) is 0 Å². The lowest BCUT2D eigenvalue weighted by Crippen LogP contribution is -2.42.